The highest BCUT2D eigenvalue weighted by Gasteiger charge is 2.78. The monoisotopic (exact) mass is 429 g/mol. The molecule has 0 radical (unpaired) electrons. The molecular weight excluding hydrogens is 386 g/mol. The van der Waals surface area contributed by atoms with Gasteiger partial charge in [-0.15, -0.1) is 0 Å². The molecule has 14 atom stereocenters. The van der Waals surface area contributed by atoms with Gasteiger partial charge in [0.1, 0.15) is 5.60 Å². The second-order valence-electron chi connectivity index (χ2n) is 13.9. The zero-order valence-corrected chi connectivity index (χ0v) is 20.1. The lowest BCUT2D eigenvalue weighted by atomic mass is 9.44. The lowest BCUT2D eigenvalue weighted by Crippen LogP contribution is -2.59. The standard InChI is InChI=1S/C27H43NO3/c1-15-5-6-21-16(2)24-22(28(21,30)14-15)12-20-18-11-23-27(31-23)13-17(29)7-10-26(27,4)19(18)8-9-25(20,24)3/h15-24,29H,5-14H2,1-4H3/t15-,16+,17-,18-,19-,20-,21-,22+,23+,24-,25+,26-,27-,28-/m1/s1. The maximum atomic E-state index is 14.4. The molecule has 0 aromatic heterocycles. The summed E-state index contributed by atoms with van der Waals surface area (Å²) in [5.41, 5.74) is 0.554. The van der Waals surface area contributed by atoms with E-state index in [9.17, 15) is 10.3 Å². The van der Waals surface area contributed by atoms with Crippen LogP contribution in [0.4, 0.5) is 0 Å². The molecule has 0 amide bonds. The zero-order valence-electron chi connectivity index (χ0n) is 20.1. The van der Waals surface area contributed by atoms with Crippen molar-refractivity contribution in [1.29, 1.82) is 0 Å². The highest BCUT2D eigenvalue weighted by molar-refractivity contribution is 5.25. The quantitative estimate of drug-likeness (QED) is 0.339. The van der Waals surface area contributed by atoms with Gasteiger partial charge in [0.25, 0.3) is 0 Å². The van der Waals surface area contributed by atoms with E-state index in [-0.39, 0.29) is 21.8 Å². The van der Waals surface area contributed by atoms with Gasteiger partial charge in [0.15, 0.2) is 0 Å². The summed E-state index contributed by atoms with van der Waals surface area (Å²) in [5, 5.41) is 24.9. The summed E-state index contributed by atoms with van der Waals surface area (Å²) >= 11 is 0. The summed E-state index contributed by atoms with van der Waals surface area (Å²) in [6, 6.07) is 0.717. The van der Waals surface area contributed by atoms with Crippen LogP contribution in [-0.2, 0) is 4.74 Å². The molecule has 1 N–H and O–H groups in total. The van der Waals surface area contributed by atoms with E-state index in [1.807, 2.05) is 0 Å². The Balaban J connectivity index is 1.24. The Morgan fingerprint density at radius 1 is 0.968 bits per heavy atom. The number of hydroxylamine groups is 3. The predicted octanol–water partition coefficient (Wildman–Crippen LogP) is 4.88. The van der Waals surface area contributed by atoms with Crippen LogP contribution in [0.25, 0.3) is 0 Å². The molecular formula is C27H43NO3. The second kappa shape index (κ2) is 5.90. The first-order valence-electron chi connectivity index (χ1n) is 13.6. The summed E-state index contributed by atoms with van der Waals surface area (Å²) in [7, 11) is 0. The number of ether oxygens (including phenoxy) is 1. The van der Waals surface area contributed by atoms with Crippen LogP contribution in [0, 0.1) is 51.5 Å². The maximum Gasteiger partial charge on any atom is 0.103 e. The van der Waals surface area contributed by atoms with E-state index in [1.54, 1.807) is 0 Å². The first-order valence-corrected chi connectivity index (χ1v) is 13.6. The molecule has 3 saturated heterocycles. The van der Waals surface area contributed by atoms with Crippen LogP contribution in [-0.4, -0.2) is 46.2 Å². The fraction of sp³-hybridized carbons (Fsp3) is 1.00. The van der Waals surface area contributed by atoms with Gasteiger partial charge >= 0.3 is 0 Å². The Bertz CT molecular complexity index is 803. The van der Waals surface area contributed by atoms with E-state index >= 15 is 0 Å². The average molecular weight is 430 g/mol. The van der Waals surface area contributed by atoms with Crippen LogP contribution in [0.2, 0.25) is 0 Å². The minimum absolute atomic E-state index is 0.0267. The Kier molecular flexibility index (Phi) is 3.85. The molecule has 4 nitrogen and oxygen atoms in total. The maximum absolute atomic E-state index is 14.4. The number of aliphatic hydroxyl groups is 1. The Morgan fingerprint density at radius 3 is 2.58 bits per heavy atom. The largest absolute Gasteiger partial charge is 0.632 e. The highest BCUT2D eigenvalue weighted by Crippen LogP contribution is 2.75. The zero-order chi connectivity index (χ0) is 21.6. The van der Waals surface area contributed by atoms with Crippen molar-refractivity contribution in [3.05, 3.63) is 5.21 Å². The molecule has 0 aromatic carbocycles. The number of piperidine rings is 1. The molecule has 4 saturated carbocycles. The van der Waals surface area contributed by atoms with Gasteiger partial charge in [0.2, 0.25) is 0 Å². The second-order valence-corrected chi connectivity index (χ2v) is 13.9. The highest BCUT2D eigenvalue weighted by atomic mass is 16.6. The van der Waals surface area contributed by atoms with E-state index in [2.05, 4.69) is 27.7 Å². The third-order valence-electron chi connectivity index (χ3n) is 13.0. The number of epoxide rings is 1. The van der Waals surface area contributed by atoms with Crippen molar-refractivity contribution in [3.63, 3.8) is 0 Å². The first-order chi connectivity index (χ1) is 14.6. The van der Waals surface area contributed by atoms with Crippen molar-refractivity contribution in [2.75, 3.05) is 6.54 Å². The van der Waals surface area contributed by atoms with Crippen molar-refractivity contribution in [2.45, 2.75) is 115 Å². The summed E-state index contributed by atoms with van der Waals surface area (Å²) in [6.07, 6.45) is 10.5. The Morgan fingerprint density at radius 2 is 1.77 bits per heavy atom. The Labute approximate surface area is 188 Å². The smallest absolute Gasteiger partial charge is 0.103 e. The van der Waals surface area contributed by atoms with Gasteiger partial charge in [-0.3, -0.25) is 0 Å². The Hall–Kier alpha value is -0.160. The van der Waals surface area contributed by atoms with Crippen LogP contribution in [0.1, 0.15) is 85.5 Å². The summed E-state index contributed by atoms with van der Waals surface area (Å²) in [5.74, 6) is 3.95. The van der Waals surface area contributed by atoms with E-state index in [4.69, 9.17) is 4.74 Å². The van der Waals surface area contributed by atoms with E-state index in [1.165, 1.54) is 32.1 Å². The van der Waals surface area contributed by atoms with Crippen molar-refractivity contribution in [3.8, 4) is 0 Å². The minimum Gasteiger partial charge on any atom is -0.632 e. The molecule has 0 aromatic rings. The van der Waals surface area contributed by atoms with Crippen LogP contribution in [0.3, 0.4) is 0 Å². The first kappa shape index (κ1) is 20.2. The number of fused-ring (bicyclic) bond motifs is 8. The van der Waals surface area contributed by atoms with Gasteiger partial charge in [-0.25, -0.2) is 0 Å². The van der Waals surface area contributed by atoms with Crippen LogP contribution < -0.4 is 0 Å². The number of nitrogens with zero attached hydrogens (tertiary/aromatic N) is 1. The molecule has 31 heavy (non-hydrogen) atoms. The van der Waals surface area contributed by atoms with E-state index < -0.39 is 0 Å². The molecule has 4 aliphatic carbocycles. The minimum atomic E-state index is -0.169. The average Bonchev–Trinajstić information content (AvgIpc) is 3.22. The lowest BCUT2D eigenvalue weighted by molar-refractivity contribution is -0.926. The molecule has 7 aliphatic rings. The fourth-order valence-electron chi connectivity index (χ4n) is 11.8. The topological polar surface area (TPSA) is 55.8 Å². The van der Waals surface area contributed by atoms with Gasteiger partial charge < -0.3 is 19.7 Å². The van der Waals surface area contributed by atoms with Crippen LogP contribution in [0.5, 0.6) is 0 Å². The number of aliphatic hydroxyl groups excluding tert-OH is 1. The molecule has 0 unspecified atom stereocenters. The number of rotatable bonds is 0. The summed E-state index contributed by atoms with van der Waals surface area (Å²) in [4.78, 5) is 0. The van der Waals surface area contributed by atoms with Crippen LogP contribution in [0.15, 0.2) is 0 Å². The van der Waals surface area contributed by atoms with Gasteiger partial charge in [0.05, 0.1) is 30.8 Å². The molecule has 7 fully saturated rings. The molecule has 0 bridgehead atoms. The third kappa shape index (κ3) is 2.19. The van der Waals surface area contributed by atoms with Gasteiger partial charge in [-0.2, -0.15) is 0 Å². The summed E-state index contributed by atoms with van der Waals surface area (Å²) < 4.78 is 6.68. The molecule has 7 rings (SSSR count). The molecule has 1 spiro atoms. The molecule has 3 aliphatic heterocycles. The molecule has 174 valence electrons. The van der Waals surface area contributed by atoms with E-state index in [0.717, 1.165) is 44.1 Å². The molecule has 3 heterocycles. The summed E-state index contributed by atoms with van der Waals surface area (Å²) in [6.45, 7) is 10.8. The normalized spacial score (nSPS) is 68.7. The van der Waals surface area contributed by atoms with E-state index in [0.29, 0.717) is 47.3 Å². The van der Waals surface area contributed by atoms with Crippen molar-refractivity contribution in [2.24, 2.45) is 46.3 Å². The fourth-order valence-corrected chi connectivity index (χ4v) is 11.8. The van der Waals surface area contributed by atoms with Gasteiger partial charge in [-0.1, -0.05) is 27.7 Å². The number of hydrogen-bond acceptors (Lipinski definition) is 3. The van der Waals surface area contributed by atoms with Crippen molar-refractivity contribution in [1.82, 2.24) is 0 Å². The molecule has 4 heteroatoms. The predicted molar refractivity (Wildman–Crippen MR) is 120 cm³/mol. The lowest BCUT2D eigenvalue weighted by Gasteiger charge is -2.59. The number of hydrogen-bond donors (Lipinski definition) is 1. The van der Waals surface area contributed by atoms with Crippen LogP contribution >= 0.6 is 0 Å². The SMILES string of the molecule is C[C@@H]1CC[C@@H]2[C@H](C)[C@@H]3[C@H](C[C@@H]4[C@@H]5C[C@@H]6O[C@]67C[C@H](O)CC[C@]7(C)[C@@H]5CC[C@]34C)[N@@+]2([O-])C1. The van der Waals surface area contributed by atoms with Gasteiger partial charge in [-0.05, 0) is 61.7 Å². The van der Waals surface area contributed by atoms with Crippen molar-refractivity contribution >= 4 is 0 Å². The number of quaternary nitrogens is 1. The van der Waals surface area contributed by atoms with Crippen molar-refractivity contribution < 1.29 is 14.5 Å². The third-order valence-corrected chi connectivity index (χ3v) is 13.0. The van der Waals surface area contributed by atoms with Gasteiger partial charge in [0, 0.05) is 42.4 Å².